The van der Waals surface area contributed by atoms with Gasteiger partial charge in [-0.1, -0.05) is 6.92 Å². The smallest absolute Gasteiger partial charge is 0.166 e. The molecule has 0 atom stereocenters. The topological polar surface area (TPSA) is 51.0 Å². The molecule has 0 saturated heterocycles. The average Bonchev–Trinajstić information content (AvgIpc) is 3.00. The molecule has 0 aromatic carbocycles. The fraction of sp³-hybridized carbons (Fsp3) is 0.333. The summed E-state index contributed by atoms with van der Waals surface area (Å²) in [6.07, 6.45) is 2.74. The molecule has 104 valence electrons. The SMILES string of the molecule is CCCNc1nc(-c2ccoc2C)nc2sc(C)cc12. The summed E-state index contributed by atoms with van der Waals surface area (Å²) in [6, 6.07) is 4.06. The van der Waals surface area contributed by atoms with Crippen LogP contribution in [0.4, 0.5) is 5.82 Å². The molecule has 0 aliphatic rings. The highest BCUT2D eigenvalue weighted by molar-refractivity contribution is 7.18. The van der Waals surface area contributed by atoms with Crippen molar-refractivity contribution in [3.05, 3.63) is 29.0 Å². The number of nitrogens with one attached hydrogen (secondary N) is 1. The van der Waals surface area contributed by atoms with E-state index in [2.05, 4.69) is 35.2 Å². The van der Waals surface area contributed by atoms with Gasteiger partial charge >= 0.3 is 0 Å². The lowest BCUT2D eigenvalue weighted by Gasteiger charge is -2.07. The Balaban J connectivity index is 2.16. The number of anilines is 1. The molecule has 3 aromatic rings. The molecule has 0 bridgehead atoms. The third-order valence-corrected chi connectivity index (χ3v) is 4.10. The zero-order valence-corrected chi connectivity index (χ0v) is 12.7. The maximum absolute atomic E-state index is 5.36. The van der Waals surface area contributed by atoms with Crippen molar-refractivity contribution >= 4 is 27.4 Å². The molecule has 3 heterocycles. The molecule has 4 nitrogen and oxygen atoms in total. The summed E-state index contributed by atoms with van der Waals surface area (Å²) in [5.74, 6) is 2.49. The Morgan fingerprint density at radius 3 is 2.85 bits per heavy atom. The van der Waals surface area contributed by atoms with Gasteiger partial charge in [-0.25, -0.2) is 9.97 Å². The minimum Gasteiger partial charge on any atom is -0.469 e. The van der Waals surface area contributed by atoms with Crippen molar-refractivity contribution < 1.29 is 4.42 Å². The van der Waals surface area contributed by atoms with E-state index in [4.69, 9.17) is 4.42 Å². The Labute approximate surface area is 121 Å². The van der Waals surface area contributed by atoms with Gasteiger partial charge in [0.2, 0.25) is 0 Å². The Kier molecular flexibility index (Phi) is 3.44. The maximum Gasteiger partial charge on any atom is 0.166 e. The molecule has 0 spiro atoms. The molecule has 3 aromatic heterocycles. The van der Waals surface area contributed by atoms with Gasteiger partial charge < -0.3 is 9.73 Å². The molecule has 1 N–H and O–H groups in total. The van der Waals surface area contributed by atoms with Crippen LogP contribution in [0.5, 0.6) is 0 Å². The van der Waals surface area contributed by atoms with Crippen molar-refractivity contribution in [1.82, 2.24) is 9.97 Å². The summed E-state index contributed by atoms with van der Waals surface area (Å²) in [4.78, 5) is 11.6. The van der Waals surface area contributed by atoms with Gasteiger partial charge in [0.1, 0.15) is 16.4 Å². The van der Waals surface area contributed by atoms with Gasteiger partial charge in [-0.2, -0.15) is 0 Å². The number of hydrogen-bond acceptors (Lipinski definition) is 5. The van der Waals surface area contributed by atoms with E-state index < -0.39 is 0 Å². The van der Waals surface area contributed by atoms with Crippen molar-refractivity contribution in [2.45, 2.75) is 27.2 Å². The molecule has 0 fully saturated rings. The van der Waals surface area contributed by atoms with Crippen LogP contribution in [0.15, 0.2) is 22.8 Å². The zero-order valence-electron chi connectivity index (χ0n) is 11.9. The number of hydrogen-bond donors (Lipinski definition) is 1. The van der Waals surface area contributed by atoms with Gasteiger partial charge in [0.15, 0.2) is 5.82 Å². The molecule has 0 aliphatic carbocycles. The van der Waals surface area contributed by atoms with E-state index in [1.807, 2.05) is 13.0 Å². The number of aryl methyl sites for hydroxylation is 2. The van der Waals surface area contributed by atoms with E-state index in [1.165, 1.54) is 4.88 Å². The summed E-state index contributed by atoms with van der Waals surface area (Å²) >= 11 is 1.70. The van der Waals surface area contributed by atoms with Crippen molar-refractivity contribution in [3.63, 3.8) is 0 Å². The molecule has 0 amide bonds. The Bertz CT molecular complexity index is 745. The Hall–Kier alpha value is -1.88. The summed E-state index contributed by atoms with van der Waals surface area (Å²) in [5.41, 5.74) is 0.956. The minimum absolute atomic E-state index is 0.726. The van der Waals surface area contributed by atoms with Crippen molar-refractivity contribution in [3.8, 4) is 11.4 Å². The molecule has 20 heavy (non-hydrogen) atoms. The van der Waals surface area contributed by atoms with Crippen molar-refractivity contribution in [2.24, 2.45) is 0 Å². The zero-order chi connectivity index (χ0) is 14.1. The van der Waals surface area contributed by atoms with Gasteiger partial charge in [-0.15, -0.1) is 11.3 Å². The van der Waals surface area contributed by atoms with E-state index >= 15 is 0 Å². The fourth-order valence-electron chi connectivity index (χ4n) is 2.16. The first-order valence-electron chi connectivity index (χ1n) is 6.75. The van der Waals surface area contributed by atoms with Crippen LogP contribution in [0.1, 0.15) is 24.0 Å². The van der Waals surface area contributed by atoms with Crippen LogP contribution in [0.25, 0.3) is 21.6 Å². The highest BCUT2D eigenvalue weighted by atomic mass is 32.1. The van der Waals surface area contributed by atoms with Crippen LogP contribution in [-0.4, -0.2) is 16.5 Å². The largest absolute Gasteiger partial charge is 0.469 e. The van der Waals surface area contributed by atoms with Crippen molar-refractivity contribution in [1.29, 1.82) is 0 Å². The first kappa shape index (κ1) is 13.1. The second-order valence-electron chi connectivity index (χ2n) is 4.79. The van der Waals surface area contributed by atoms with Crippen LogP contribution in [0.2, 0.25) is 0 Å². The summed E-state index contributed by atoms with van der Waals surface area (Å²) in [7, 11) is 0. The normalized spacial score (nSPS) is 11.2. The standard InChI is InChI=1S/C15H17N3OS/c1-4-6-16-13-12-8-9(2)20-15(12)18-14(17-13)11-5-7-19-10(11)3/h5,7-8H,4,6H2,1-3H3,(H,16,17,18). The number of thiophene rings is 1. The van der Waals surface area contributed by atoms with Crippen LogP contribution in [0.3, 0.4) is 0 Å². The lowest BCUT2D eigenvalue weighted by molar-refractivity contribution is 0.535. The fourth-order valence-corrected chi connectivity index (χ4v) is 3.04. The highest BCUT2D eigenvalue weighted by Gasteiger charge is 2.14. The maximum atomic E-state index is 5.36. The predicted octanol–water partition coefficient (Wildman–Crippen LogP) is 4.39. The van der Waals surface area contributed by atoms with Gasteiger partial charge in [0, 0.05) is 11.4 Å². The molecule has 0 unspecified atom stereocenters. The van der Waals surface area contributed by atoms with E-state index in [9.17, 15) is 0 Å². The van der Waals surface area contributed by atoms with Crippen molar-refractivity contribution in [2.75, 3.05) is 11.9 Å². The molecule has 3 rings (SSSR count). The molecule has 5 heteroatoms. The Morgan fingerprint density at radius 2 is 2.15 bits per heavy atom. The van der Waals surface area contributed by atoms with Crippen LogP contribution >= 0.6 is 11.3 Å². The van der Waals surface area contributed by atoms with Crippen LogP contribution in [0, 0.1) is 13.8 Å². The first-order valence-corrected chi connectivity index (χ1v) is 7.57. The second-order valence-corrected chi connectivity index (χ2v) is 6.02. The predicted molar refractivity (Wildman–Crippen MR) is 83.4 cm³/mol. The first-order chi connectivity index (χ1) is 9.69. The van der Waals surface area contributed by atoms with Crippen LogP contribution < -0.4 is 5.32 Å². The van der Waals surface area contributed by atoms with E-state index in [0.29, 0.717) is 0 Å². The van der Waals surface area contributed by atoms with Gasteiger partial charge in [0.05, 0.1) is 17.2 Å². The third-order valence-electron chi connectivity index (χ3n) is 3.16. The molecule has 0 aliphatic heterocycles. The van der Waals surface area contributed by atoms with Gasteiger partial charge in [-0.05, 0) is 32.4 Å². The number of rotatable bonds is 4. The average molecular weight is 287 g/mol. The third kappa shape index (κ3) is 2.29. The summed E-state index contributed by atoms with van der Waals surface area (Å²) in [5, 5.41) is 4.50. The number of furan rings is 1. The Morgan fingerprint density at radius 1 is 1.30 bits per heavy atom. The van der Waals surface area contributed by atoms with E-state index in [1.54, 1.807) is 17.6 Å². The lowest BCUT2D eigenvalue weighted by Crippen LogP contribution is -2.04. The highest BCUT2D eigenvalue weighted by Crippen LogP contribution is 2.32. The van der Waals surface area contributed by atoms with Gasteiger partial charge in [-0.3, -0.25) is 0 Å². The summed E-state index contributed by atoms with van der Waals surface area (Å²) in [6.45, 7) is 7.08. The number of fused-ring (bicyclic) bond motifs is 1. The van der Waals surface area contributed by atoms with Crippen LogP contribution in [-0.2, 0) is 0 Å². The number of nitrogens with zero attached hydrogens (tertiary/aromatic N) is 2. The molecule has 0 saturated carbocycles. The summed E-state index contributed by atoms with van der Waals surface area (Å²) < 4.78 is 5.36. The van der Waals surface area contributed by atoms with E-state index in [0.717, 1.165) is 46.1 Å². The molecule has 0 radical (unpaired) electrons. The second kappa shape index (κ2) is 5.25. The monoisotopic (exact) mass is 287 g/mol. The minimum atomic E-state index is 0.726. The van der Waals surface area contributed by atoms with E-state index in [-0.39, 0.29) is 0 Å². The quantitative estimate of drug-likeness (QED) is 0.773. The molecular weight excluding hydrogens is 270 g/mol. The van der Waals surface area contributed by atoms with Gasteiger partial charge in [0.25, 0.3) is 0 Å². The number of aromatic nitrogens is 2. The lowest BCUT2D eigenvalue weighted by atomic mass is 10.2. The molecular formula is C15H17N3OS.